The highest BCUT2D eigenvalue weighted by atomic mass is 19.1. The Labute approximate surface area is 108 Å². The molecule has 4 heteroatoms. The van der Waals surface area contributed by atoms with E-state index in [1.54, 1.807) is 12.3 Å². The van der Waals surface area contributed by atoms with Crippen LogP contribution < -0.4 is 5.32 Å². The van der Waals surface area contributed by atoms with Crippen LogP contribution in [0, 0.1) is 11.9 Å². The molecule has 1 aromatic heterocycles. The summed E-state index contributed by atoms with van der Waals surface area (Å²) in [6, 6.07) is 3.54. The Bertz CT molecular complexity index is 366. The van der Waals surface area contributed by atoms with Crippen LogP contribution in [-0.2, 0) is 0 Å². The maximum absolute atomic E-state index is 12.7. The predicted octanol–water partition coefficient (Wildman–Crippen LogP) is 2.75. The molecule has 1 saturated heterocycles. The van der Waals surface area contributed by atoms with Crippen LogP contribution in [-0.4, -0.2) is 35.6 Å². The van der Waals surface area contributed by atoms with E-state index in [1.807, 2.05) is 0 Å². The van der Waals surface area contributed by atoms with Crippen LogP contribution >= 0.6 is 0 Å². The van der Waals surface area contributed by atoms with Gasteiger partial charge in [-0.2, -0.15) is 4.39 Å². The van der Waals surface area contributed by atoms with Crippen LogP contribution in [0.2, 0.25) is 0 Å². The fourth-order valence-corrected chi connectivity index (χ4v) is 2.63. The van der Waals surface area contributed by atoms with E-state index >= 15 is 0 Å². The number of piperidine rings is 1. The van der Waals surface area contributed by atoms with Crippen molar-refractivity contribution >= 4 is 5.69 Å². The van der Waals surface area contributed by atoms with Gasteiger partial charge in [-0.05, 0) is 50.9 Å². The number of hydrogen-bond donors (Lipinski definition) is 1. The van der Waals surface area contributed by atoms with Crippen LogP contribution in [0.4, 0.5) is 10.1 Å². The zero-order valence-electron chi connectivity index (χ0n) is 11.2. The number of likely N-dealkylation sites (tertiary alicyclic amines) is 1. The number of anilines is 1. The highest BCUT2D eigenvalue weighted by Crippen LogP contribution is 2.22. The van der Waals surface area contributed by atoms with Crippen LogP contribution in [0.3, 0.4) is 0 Å². The van der Waals surface area contributed by atoms with Crippen molar-refractivity contribution in [2.24, 2.45) is 5.92 Å². The van der Waals surface area contributed by atoms with E-state index in [0.29, 0.717) is 12.0 Å². The number of aromatic nitrogens is 1. The highest BCUT2D eigenvalue weighted by Gasteiger charge is 2.23. The third-order valence-electron chi connectivity index (χ3n) is 3.82. The second-order valence-electron chi connectivity index (χ2n) is 5.10. The molecule has 3 nitrogen and oxygen atoms in total. The van der Waals surface area contributed by atoms with E-state index in [1.165, 1.54) is 25.5 Å². The van der Waals surface area contributed by atoms with Crippen molar-refractivity contribution in [1.82, 2.24) is 9.88 Å². The summed E-state index contributed by atoms with van der Waals surface area (Å²) in [7, 11) is 0. The van der Waals surface area contributed by atoms with Gasteiger partial charge in [0.05, 0.1) is 11.9 Å². The lowest BCUT2D eigenvalue weighted by Gasteiger charge is -2.35. The number of rotatable bonds is 4. The van der Waals surface area contributed by atoms with Crippen LogP contribution in [0.5, 0.6) is 0 Å². The lowest BCUT2D eigenvalue weighted by Crippen LogP contribution is -2.41. The van der Waals surface area contributed by atoms with Crippen molar-refractivity contribution in [3.8, 4) is 0 Å². The van der Waals surface area contributed by atoms with E-state index in [-0.39, 0.29) is 0 Å². The van der Waals surface area contributed by atoms with Crippen LogP contribution in [0.15, 0.2) is 18.3 Å². The van der Waals surface area contributed by atoms with Crippen LogP contribution in [0.1, 0.15) is 26.7 Å². The topological polar surface area (TPSA) is 28.2 Å². The molecule has 1 aliphatic rings. The molecule has 0 aromatic carbocycles. The molecule has 0 bridgehead atoms. The van der Waals surface area contributed by atoms with Gasteiger partial charge in [-0.1, -0.05) is 6.92 Å². The lowest BCUT2D eigenvalue weighted by atomic mass is 9.91. The number of pyridine rings is 1. The summed E-state index contributed by atoms with van der Waals surface area (Å²) in [5, 5.41) is 3.43. The lowest BCUT2D eigenvalue weighted by molar-refractivity contribution is 0.172. The summed E-state index contributed by atoms with van der Waals surface area (Å²) in [4.78, 5) is 6.16. The molecule has 2 heterocycles. The summed E-state index contributed by atoms with van der Waals surface area (Å²) < 4.78 is 12.7. The van der Waals surface area contributed by atoms with Gasteiger partial charge < -0.3 is 10.2 Å². The van der Waals surface area contributed by atoms with E-state index in [0.717, 1.165) is 18.8 Å². The molecule has 0 saturated carbocycles. The molecule has 0 aliphatic carbocycles. The Morgan fingerprint density at radius 3 is 3.06 bits per heavy atom. The van der Waals surface area contributed by atoms with Crippen molar-refractivity contribution in [3.63, 3.8) is 0 Å². The molecule has 100 valence electrons. The maximum atomic E-state index is 12.7. The van der Waals surface area contributed by atoms with E-state index < -0.39 is 5.95 Å². The van der Waals surface area contributed by atoms with Gasteiger partial charge in [0.25, 0.3) is 0 Å². The molecule has 0 amide bonds. The summed E-state index contributed by atoms with van der Waals surface area (Å²) in [5.41, 5.74) is 0.900. The highest BCUT2D eigenvalue weighted by molar-refractivity contribution is 5.40. The number of nitrogens with one attached hydrogen (secondary N) is 1. The van der Waals surface area contributed by atoms with Gasteiger partial charge in [0.1, 0.15) is 0 Å². The van der Waals surface area contributed by atoms with Gasteiger partial charge in [-0.3, -0.25) is 0 Å². The molecule has 0 spiro atoms. The second-order valence-corrected chi connectivity index (χ2v) is 5.10. The summed E-state index contributed by atoms with van der Waals surface area (Å²) >= 11 is 0. The number of nitrogens with zero attached hydrogens (tertiary/aromatic N) is 2. The normalized spacial score (nSPS) is 22.7. The molecule has 2 rings (SSSR count). The van der Waals surface area contributed by atoms with Crippen molar-refractivity contribution in [2.45, 2.75) is 32.7 Å². The average molecular weight is 251 g/mol. The Morgan fingerprint density at radius 2 is 2.39 bits per heavy atom. The fraction of sp³-hybridized carbons (Fsp3) is 0.643. The van der Waals surface area contributed by atoms with Gasteiger partial charge >= 0.3 is 0 Å². The SMILES string of the molecule is CCN1CCCC(C(C)Nc2ccc(F)nc2)C1. The molecular formula is C14H22FN3. The van der Waals surface area contributed by atoms with Crippen molar-refractivity contribution in [1.29, 1.82) is 0 Å². The number of halogens is 1. The minimum Gasteiger partial charge on any atom is -0.381 e. The molecule has 18 heavy (non-hydrogen) atoms. The fourth-order valence-electron chi connectivity index (χ4n) is 2.63. The van der Waals surface area contributed by atoms with Gasteiger partial charge in [0.15, 0.2) is 0 Å². The van der Waals surface area contributed by atoms with Gasteiger partial charge in [0, 0.05) is 12.6 Å². The summed E-state index contributed by atoms with van der Waals surface area (Å²) in [5.74, 6) is 0.229. The standard InChI is InChI=1S/C14H22FN3/c1-3-18-8-4-5-12(10-18)11(2)17-13-6-7-14(15)16-9-13/h6-7,9,11-12,17H,3-5,8,10H2,1-2H3. The minimum atomic E-state index is -0.428. The van der Waals surface area contributed by atoms with Crippen molar-refractivity contribution in [3.05, 3.63) is 24.3 Å². The van der Waals surface area contributed by atoms with Gasteiger partial charge in [0.2, 0.25) is 5.95 Å². The second kappa shape index (κ2) is 6.14. The van der Waals surface area contributed by atoms with Gasteiger partial charge in [-0.15, -0.1) is 0 Å². The minimum absolute atomic E-state index is 0.395. The molecule has 1 N–H and O–H groups in total. The van der Waals surface area contributed by atoms with Gasteiger partial charge in [-0.25, -0.2) is 4.98 Å². The Morgan fingerprint density at radius 1 is 1.56 bits per heavy atom. The zero-order chi connectivity index (χ0) is 13.0. The zero-order valence-corrected chi connectivity index (χ0v) is 11.2. The molecule has 1 aliphatic heterocycles. The molecule has 0 radical (unpaired) electrons. The quantitative estimate of drug-likeness (QED) is 0.834. The molecule has 1 aromatic rings. The third-order valence-corrected chi connectivity index (χ3v) is 3.82. The molecule has 1 fully saturated rings. The van der Waals surface area contributed by atoms with E-state index in [4.69, 9.17) is 0 Å². The Kier molecular flexibility index (Phi) is 4.53. The number of hydrogen-bond acceptors (Lipinski definition) is 3. The average Bonchev–Trinajstić information content (AvgIpc) is 2.41. The van der Waals surface area contributed by atoms with E-state index in [9.17, 15) is 4.39 Å². The van der Waals surface area contributed by atoms with Crippen molar-refractivity contribution < 1.29 is 4.39 Å². The van der Waals surface area contributed by atoms with Crippen molar-refractivity contribution in [2.75, 3.05) is 25.0 Å². The predicted molar refractivity (Wildman–Crippen MR) is 72.1 cm³/mol. The first-order valence-electron chi connectivity index (χ1n) is 6.79. The monoisotopic (exact) mass is 251 g/mol. The van der Waals surface area contributed by atoms with Crippen LogP contribution in [0.25, 0.3) is 0 Å². The summed E-state index contributed by atoms with van der Waals surface area (Å²) in [6.07, 6.45) is 4.09. The molecular weight excluding hydrogens is 229 g/mol. The first-order valence-corrected chi connectivity index (χ1v) is 6.79. The molecule has 2 unspecified atom stereocenters. The Hall–Kier alpha value is -1.16. The van der Waals surface area contributed by atoms with E-state index in [2.05, 4.69) is 29.0 Å². The molecule has 2 atom stereocenters. The smallest absolute Gasteiger partial charge is 0.212 e. The Balaban J connectivity index is 1.90. The maximum Gasteiger partial charge on any atom is 0.212 e. The largest absolute Gasteiger partial charge is 0.381 e. The summed E-state index contributed by atoms with van der Waals surface area (Å²) in [6.45, 7) is 7.91. The first kappa shape index (κ1) is 13.3. The first-order chi connectivity index (χ1) is 8.69. The third kappa shape index (κ3) is 3.42.